The van der Waals surface area contributed by atoms with Crippen molar-refractivity contribution in [1.29, 1.82) is 0 Å². The molecule has 5 aliphatic rings. The van der Waals surface area contributed by atoms with E-state index >= 15 is 0 Å². The summed E-state index contributed by atoms with van der Waals surface area (Å²) in [7, 11) is 0. The summed E-state index contributed by atoms with van der Waals surface area (Å²) in [6.07, 6.45) is 7.11. The van der Waals surface area contributed by atoms with Crippen molar-refractivity contribution in [3.8, 4) is 55.9 Å². The lowest BCUT2D eigenvalue weighted by atomic mass is 9.43. The van der Waals surface area contributed by atoms with Gasteiger partial charge >= 0.3 is 0 Å². The molecule has 18 rings (SSSR count). The normalized spacial score (nSPS) is 20.7. The first kappa shape index (κ1) is 40.6. The fourth-order valence-corrected chi connectivity index (χ4v) is 16.8. The van der Waals surface area contributed by atoms with E-state index in [0.717, 1.165) is 29.4 Å². The second-order valence-corrected chi connectivity index (χ2v) is 23.1. The molecule has 4 fully saturated rings. The van der Waals surface area contributed by atoms with Crippen LogP contribution in [0.15, 0.2) is 218 Å². The predicted molar refractivity (Wildman–Crippen MR) is 308 cm³/mol. The molecule has 73 heavy (non-hydrogen) atoms. The molecule has 0 unspecified atom stereocenters. The molecule has 4 bridgehead atoms. The van der Waals surface area contributed by atoms with Gasteiger partial charge in [-0.1, -0.05) is 152 Å². The predicted octanol–water partition coefficient (Wildman–Crippen LogP) is 19.0. The van der Waals surface area contributed by atoms with E-state index < -0.39 is 0 Å². The van der Waals surface area contributed by atoms with Gasteiger partial charge in [0.05, 0.1) is 22.1 Å². The second-order valence-electron chi connectivity index (χ2n) is 22.1. The van der Waals surface area contributed by atoms with Crippen LogP contribution in [0.25, 0.3) is 120 Å². The van der Waals surface area contributed by atoms with Crippen LogP contribution in [0.5, 0.6) is 0 Å². The Kier molecular flexibility index (Phi) is 8.36. The van der Waals surface area contributed by atoms with E-state index in [-0.39, 0.29) is 5.41 Å². The summed E-state index contributed by atoms with van der Waals surface area (Å²) in [5, 5.41) is 7.70. The van der Waals surface area contributed by atoms with Crippen LogP contribution in [-0.4, -0.2) is 9.13 Å². The molecule has 346 valence electrons. The maximum atomic E-state index is 2.64. The van der Waals surface area contributed by atoms with Crippen LogP contribution in [-0.2, 0) is 5.41 Å². The summed E-state index contributed by atoms with van der Waals surface area (Å²) in [5.74, 6) is 3.40. The number of para-hydroxylation sites is 2. The number of thiophene rings is 1. The van der Waals surface area contributed by atoms with Crippen LogP contribution in [0.3, 0.4) is 0 Å². The first-order valence-corrected chi connectivity index (χ1v) is 27.4. The minimum atomic E-state index is 0.173. The largest absolute Gasteiger partial charge is 0.309 e. The molecule has 1 spiro atoms. The van der Waals surface area contributed by atoms with Gasteiger partial charge in [0.1, 0.15) is 0 Å². The number of nitrogens with zero attached hydrogens (tertiary/aromatic N) is 2. The fourth-order valence-electron chi connectivity index (χ4n) is 15.7. The third-order valence-electron chi connectivity index (χ3n) is 18.5. The molecule has 3 aromatic heterocycles. The Balaban J connectivity index is 0.766. The lowest BCUT2D eigenvalue weighted by Gasteiger charge is -2.61. The Morgan fingerprint density at radius 3 is 1.52 bits per heavy atom. The second kappa shape index (κ2) is 15.0. The highest BCUT2D eigenvalue weighted by Gasteiger charge is 2.61. The van der Waals surface area contributed by atoms with Gasteiger partial charge in [-0.25, -0.2) is 0 Å². The zero-order valence-corrected chi connectivity index (χ0v) is 41.2. The van der Waals surface area contributed by atoms with Gasteiger partial charge < -0.3 is 9.13 Å². The molecule has 0 radical (unpaired) electrons. The Hall–Kier alpha value is -7.98. The molecule has 5 aliphatic carbocycles. The summed E-state index contributed by atoms with van der Waals surface area (Å²) in [5.41, 5.74) is 21.2. The maximum absolute atomic E-state index is 2.64. The minimum Gasteiger partial charge on any atom is -0.309 e. The van der Waals surface area contributed by atoms with Gasteiger partial charge in [-0.3, -0.25) is 0 Å². The number of aromatic nitrogens is 2. The van der Waals surface area contributed by atoms with E-state index in [1.807, 2.05) is 11.3 Å². The minimum absolute atomic E-state index is 0.173. The molecular weight excluding hydrogens is 901 g/mol. The van der Waals surface area contributed by atoms with E-state index in [1.165, 1.54) is 146 Å². The maximum Gasteiger partial charge on any atom is 0.0547 e. The summed E-state index contributed by atoms with van der Waals surface area (Å²) in [4.78, 5) is 0. The number of fused-ring (bicyclic) bond motifs is 12. The molecule has 0 atom stereocenters. The average Bonchev–Trinajstić information content (AvgIpc) is 4.17. The van der Waals surface area contributed by atoms with Crippen LogP contribution < -0.4 is 0 Å². The zero-order chi connectivity index (χ0) is 47.5. The Bertz CT molecular complexity index is 4420. The first-order valence-electron chi connectivity index (χ1n) is 26.6. The Morgan fingerprint density at radius 2 is 0.822 bits per heavy atom. The van der Waals surface area contributed by atoms with Gasteiger partial charge in [0.15, 0.2) is 0 Å². The average molecular weight is 951 g/mol. The van der Waals surface area contributed by atoms with Crippen molar-refractivity contribution in [2.75, 3.05) is 0 Å². The van der Waals surface area contributed by atoms with Gasteiger partial charge in [0, 0.05) is 58.5 Å². The van der Waals surface area contributed by atoms with Crippen molar-refractivity contribution in [2.24, 2.45) is 23.7 Å². The molecule has 0 amide bonds. The van der Waals surface area contributed by atoms with E-state index in [0.29, 0.717) is 0 Å². The number of rotatable bonds is 5. The van der Waals surface area contributed by atoms with Crippen molar-refractivity contribution in [1.82, 2.24) is 9.13 Å². The highest BCUT2D eigenvalue weighted by molar-refractivity contribution is 7.25. The highest BCUT2D eigenvalue weighted by Crippen LogP contribution is 2.69. The van der Waals surface area contributed by atoms with E-state index in [1.54, 1.807) is 11.1 Å². The number of hydrogen-bond acceptors (Lipinski definition) is 1. The van der Waals surface area contributed by atoms with Crippen LogP contribution in [0.1, 0.15) is 43.2 Å². The quantitative estimate of drug-likeness (QED) is 0.163. The third-order valence-corrected chi connectivity index (χ3v) is 19.6. The molecule has 0 saturated heterocycles. The van der Waals surface area contributed by atoms with E-state index in [9.17, 15) is 0 Å². The summed E-state index contributed by atoms with van der Waals surface area (Å²) in [6.45, 7) is 0. The Labute approximate surface area is 428 Å². The van der Waals surface area contributed by atoms with E-state index in [2.05, 4.69) is 228 Å². The van der Waals surface area contributed by atoms with Crippen LogP contribution in [0.4, 0.5) is 0 Å². The van der Waals surface area contributed by atoms with Gasteiger partial charge in [-0.05, 0) is 178 Å². The lowest BCUT2D eigenvalue weighted by Crippen LogP contribution is -2.55. The van der Waals surface area contributed by atoms with Gasteiger partial charge in [0.2, 0.25) is 0 Å². The number of benzene rings is 10. The molecule has 10 aromatic carbocycles. The van der Waals surface area contributed by atoms with Crippen molar-refractivity contribution in [3.63, 3.8) is 0 Å². The van der Waals surface area contributed by atoms with Crippen molar-refractivity contribution in [2.45, 2.75) is 37.5 Å². The van der Waals surface area contributed by atoms with Crippen LogP contribution >= 0.6 is 11.3 Å². The third kappa shape index (κ3) is 5.69. The topological polar surface area (TPSA) is 9.86 Å². The summed E-state index contributed by atoms with van der Waals surface area (Å²) >= 11 is 1.93. The molecule has 0 aliphatic heterocycles. The SMILES string of the molecule is c1ccc(-c2ccc(-n3c4ccccc4c4ccc(-c5ccc6c7ccccc7n(-c7ccc8sc9cc(-c%10ccc%11c(c%10)C%10(c%12ccccc%12-%11)C%11CC%12CC(C%11)CC%10C%12)ccc9c8c7)c6c5)cc43)cc2)cc1. The first-order chi connectivity index (χ1) is 36.1. The van der Waals surface area contributed by atoms with E-state index in [4.69, 9.17) is 0 Å². The van der Waals surface area contributed by atoms with Crippen LogP contribution in [0.2, 0.25) is 0 Å². The molecule has 13 aromatic rings. The smallest absolute Gasteiger partial charge is 0.0547 e. The van der Waals surface area contributed by atoms with Crippen molar-refractivity contribution < 1.29 is 0 Å². The van der Waals surface area contributed by atoms with Gasteiger partial charge in [-0.15, -0.1) is 11.3 Å². The molecular formula is C70H50N2S. The number of hydrogen-bond donors (Lipinski definition) is 0. The lowest BCUT2D eigenvalue weighted by molar-refractivity contribution is -0.0399. The molecule has 3 heterocycles. The highest BCUT2D eigenvalue weighted by atomic mass is 32.1. The van der Waals surface area contributed by atoms with Crippen molar-refractivity contribution in [3.05, 3.63) is 230 Å². The monoisotopic (exact) mass is 950 g/mol. The molecule has 4 saturated carbocycles. The zero-order valence-electron chi connectivity index (χ0n) is 40.4. The molecule has 0 N–H and O–H groups in total. The fraction of sp³-hybridized carbons (Fsp3) is 0.143. The standard InChI is InChI=1S/C70H50N2S/c1-2-10-44(11-3-1)45-18-24-52(25-19-45)71-64-16-8-5-13-56(64)58-28-21-47(38-66(58)71)48-22-29-59-57-14-6-9-17-65(57)72(67(59)39-48)53-26-31-68-61(41-53)60-30-23-49(40-69(60)73-68)46-20-27-55-54-12-4-7-15-62(54)70(63(55)37-46)50-33-42-32-43(35-50)36-51(70)34-42/h1-31,37-43,50-51H,32-36H2. The van der Waals surface area contributed by atoms with Crippen LogP contribution in [0, 0.1) is 23.7 Å². The molecule has 3 heteroatoms. The molecule has 2 nitrogen and oxygen atoms in total. The van der Waals surface area contributed by atoms with Gasteiger partial charge in [0.25, 0.3) is 0 Å². The van der Waals surface area contributed by atoms with Crippen molar-refractivity contribution >= 4 is 75.1 Å². The Morgan fingerprint density at radius 1 is 0.315 bits per heavy atom. The summed E-state index contributed by atoms with van der Waals surface area (Å²) < 4.78 is 7.61. The summed E-state index contributed by atoms with van der Waals surface area (Å²) in [6, 6.07) is 83.0. The van der Waals surface area contributed by atoms with Gasteiger partial charge in [-0.2, -0.15) is 0 Å².